The lowest BCUT2D eigenvalue weighted by Gasteiger charge is -2.32. The van der Waals surface area contributed by atoms with Crippen LogP contribution in [0.25, 0.3) is 0 Å². The Balaban J connectivity index is 1.56. The highest BCUT2D eigenvalue weighted by Crippen LogP contribution is 2.39. The van der Waals surface area contributed by atoms with Crippen molar-refractivity contribution < 1.29 is 29.0 Å². The summed E-state index contributed by atoms with van der Waals surface area (Å²) < 4.78 is 9.72. The van der Waals surface area contributed by atoms with E-state index in [9.17, 15) is 19.5 Å². The van der Waals surface area contributed by atoms with Crippen LogP contribution in [0.4, 0.5) is 4.79 Å². The van der Waals surface area contributed by atoms with Gasteiger partial charge in [0.15, 0.2) is 6.10 Å². The van der Waals surface area contributed by atoms with Crippen molar-refractivity contribution in [2.24, 2.45) is 0 Å². The first-order chi connectivity index (χ1) is 18.1. The zero-order valence-corrected chi connectivity index (χ0v) is 23.1. The van der Waals surface area contributed by atoms with E-state index in [0.717, 1.165) is 16.9 Å². The molecule has 0 aliphatic carbocycles. The molecule has 0 aromatic heterocycles. The zero-order valence-electron chi connectivity index (χ0n) is 22.3. The van der Waals surface area contributed by atoms with Crippen LogP contribution in [0.1, 0.15) is 31.9 Å². The lowest BCUT2D eigenvalue weighted by Crippen LogP contribution is -2.58. The van der Waals surface area contributed by atoms with Gasteiger partial charge in [-0.3, -0.25) is 9.59 Å². The quantitative estimate of drug-likeness (QED) is 0.361. The lowest BCUT2D eigenvalue weighted by atomic mass is 9.99. The highest BCUT2D eigenvalue weighted by atomic mass is 32.2. The van der Waals surface area contributed by atoms with E-state index in [1.54, 1.807) is 33.3 Å². The molecule has 3 unspecified atom stereocenters. The first-order valence-corrected chi connectivity index (χ1v) is 13.2. The predicted molar refractivity (Wildman–Crippen MR) is 146 cm³/mol. The maximum Gasteiger partial charge on any atom is 0.315 e. The smallest absolute Gasteiger partial charge is 0.315 e. The number of aliphatic hydroxyl groups is 1. The summed E-state index contributed by atoms with van der Waals surface area (Å²) in [4.78, 5) is 40.2. The van der Waals surface area contributed by atoms with Gasteiger partial charge in [-0.05, 0) is 56.2 Å². The lowest BCUT2D eigenvalue weighted by molar-refractivity contribution is -0.147. The molecule has 206 valence electrons. The molecule has 0 spiro atoms. The van der Waals surface area contributed by atoms with Crippen molar-refractivity contribution in [3.05, 3.63) is 59.7 Å². The summed E-state index contributed by atoms with van der Waals surface area (Å²) in [6.07, 6.45) is -1.52. The van der Waals surface area contributed by atoms with Crippen LogP contribution in [0.3, 0.4) is 0 Å². The van der Waals surface area contributed by atoms with Gasteiger partial charge >= 0.3 is 6.03 Å². The molecule has 2 aromatic carbocycles. The van der Waals surface area contributed by atoms with E-state index in [-0.39, 0.29) is 24.9 Å². The Morgan fingerprint density at radius 2 is 1.47 bits per heavy atom. The van der Waals surface area contributed by atoms with Crippen molar-refractivity contribution in [1.82, 2.24) is 20.9 Å². The van der Waals surface area contributed by atoms with Crippen molar-refractivity contribution in [2.45, 2.75) is 56.8 Å². The fourth-order valence-corrected chi connectivity index (χ4v) is 5.23. The molecule has 2 aromatic rings. The monoisotopic (exact) mass is 544 g/mol. The Hall–Kier alpha value is -3.44. The first kappa shape index (κ1) is 29.1. The Morgan fingerprint density at radius 3 is 1.97 bits per heavy atom. The molecule has 38 heavy (non-hydrogen) atoms. The molecule has 1 saturated heterocycles. The SMILES string of the molecule is COc1ccc(CNC(=O)NC(C)C(O)C(=O)N2CSC(C)(C)C2C(=O)NCc2ccc(OC)cc2)cc1. The van der Waals surface area contributed by atoms with Crippen LogP contribution in [0.5, 0.6) is 11.5 Å². The molecule has 3 rings (SSSR count). The Kier molecular flexibility index (Phi) is 9.87. The van der Waals surface area contributed by atoms with E-state index in [1.165, 1.54) is 16.7 Å². The fraction of sp³-hybridized carbons (Fsp3) is 0.444. The summed E-state index contributed by atoms with van der Waals surface area (Å²) in [5, 5.41) is 19.0. The molecular formula is C27H36N4O6S. The van der Waals surface area contributed by atoms with Gasteiger partial charge in [0.05, 0.1) is 26.1 Å². The van der Waals surface area contributed by atoms with Crippen LogP contribution in [0, 0.1) is 0 Å². The maximum absolute atomic E-state index is 13.2. The minimum absolute atomic E-state index is 0.250. The van der Waals surface area contributed by atoms with E-state index in [1.807, 2.05) is 50.2 Å². The summed E-state index contributed by atoms with van der Waals surface area (Å²) in [6, 6.07) is 12.4. The van der Waals surface area contributed by atoms with E-state index in [4.69, 9.17) is 9.47 Å². The molecule has 11 heteroatoms. The van der Waals surface area contributed by atoms with Crippen molar-refractivity contribution in [3.8, 4) is 11.5 Å². The molecule has 1 fully saturated rings. The number of carbonyl (C=O) groups is 3. The van der Waals surface area contributed by atoms with Crippen LogP contribution in [-0.4, -0.2) is 70.9 Å². The number of hydrogen-bond donors (Lipinski definition) is 4. The van der Waals surface area contributed by atoms with Crippen LogP contribution in [-0.2, 0) is 22.7 Å². The standard InChI is InChI=1S/C27H36N4O6S/c1-17(30-26(35)29-15-19-8-12-21(37-5)13-9-19)22(32)25(34)31-16-38-27(2,3)23(31)24(33)28-14-18-6-10-20(36-4)11-7-18/h6-13,17,22-23,32H,14-16H2,1-5H3,(H,28,33)(H2,29,30,35). The molecule has 10 nitrogen and oxygen atoms in total. The molecule has 1 aliphatic rings. The number of methoxy groups -OCH3 is 2. The van der Waals surface area contributed by atoms with Gasteiger partial charge in [0.1, 0.15) is 17.5 Å². The van der Waals surface area contributed by atoms with Gasteiger partial charge in [-0.1, -0.05) is 24.3 Å². The Bertz CT molecular complexity index is 1110. The van der Waals surface area contributed by atoms with Crippen molar-refractivity contribution in [2.75, 3.05) is 20.1 Å². The van der Waals surface area contributed by atoms with Gasteiger partial charge in [0, 0.05) is 17.8 Å². The van der Waals surface area contributed by atoms with E-state index >= 15 is 0 Å². The van der Waals surface area contributed by atoms with Gasteiger partial charge in [0.25, 0.3) is 5.91 Å². The highest BCUT2D eigenvalue weighted by Gasteiger charge is 2.49. The highest BCUT2D eigenvalue weighted by molar-refractivity contribution is 8.00. The van der Waals surface area contributed by atoms with Crippen LogP contribution >= 0.6 is 11.8 Å². The third-order valence-electron chi connectivity index (χ3n) is 6.40. The average Bonchev–Trinajstić information content (AvgIpc) is 3.24. The minimum Gasteiger partial charge on any atom is -0.497 e. The molecule has 4 amide bonds. The third kappa shape index (κ3) is 7.32. The van der Waals surface area contributed by atoms with Crippen LogP contribution in [0.15, 0.2) is 48.5 Å². The fourth-order valence-electron chi connectivity index (χ4n) is 4.09. The largest absolute Gasteiger partial charge is 0.497 e. The number of nitrogens with one attached hydrogen (secondary N) is 3. The van der Waals surface area contributed by atoms with Gasteiger partial charge in [-0.15, -0.1) is 11.8 Å². The summed E-state index contributed by atoms with van der Waals surface area (Å²) in [7, 11) is 3.16. The Morgan fingerprint density at radius 1 is 0.974 bits per heavy atom. The first-order valence-electron chi connectivity index (χ1n) is 12.3. The summed E-state index contributed by atoms with van der Waals surface area (Å²) >= 11 is 1.46. The molecule has 1 heterocycles. The molecular weight excluding hydrogens is 508 g/mol. The number of amides is 4. The normalized spacial score (nSPS) is 17.7. The number of benzene rings is 2. The average molecular weight is 545 g/mol. The van der Waals surface area contributed by atoms with Gasteiger partial charge in [0.2, 0.25) is 5.91 Å². The topological polar surface area (TPSA) is 129 Å². The van der Waals surface area contributed by atoms with E-state index in [0.29, 0.717) is 5.75 Å². The van der Waals surface area contributed by atoms with E-state index in [2.05, 4.69) is 16.0 Å². The molecule has 0 bridgehead atoms. The third-order valence-corrected chi connectivity index (χ3v) is 7.78. The summed E-state index contributed by atoms with van der Waals surface area (Å²) in [5.41, 5.74) is 1.75. The number of hydrogen-bond acceptors (Lipinski definition) is 7. The van der Waals surface area contributed by atoms with E-state index < -0.39 is 34.9 Å². The molecule has 1 aliphatic heterocycles. The van der Waals surface area contributed by atoms with Gasteiger partial charge in [-0.25, -0.2) is 4.79 Å². The number of ether oxygens (including phenoxy) is 2. The number of thioether (sulfide) groups is 1. The van der Waals surface area contributed by atoms with Crippen molar-refractivity contribution >= 4 is 29.6 Å². The van der Waals surface area contributed by atoms with Crippen LogP contribution < -0.4 is 25.4 Å². The summed E-state index contributed by atoms with van der Waals surface area (Å²) in [6.45, 7) is 5.88. The zero-order chi connectivity index (χ0) is 27.9. The van der Waals surface area contributed by atoms with Crippen molar-refractivity contribution in [1.29, 1.82) is 0 Å². The number of nitrogens with zero attached hydrogens (tertiary/aromatic N) is 1. The second-order valence-electron chi connectivity index (χ2n) is 9.56. The van der Waals surface area contributed by atoms with Gasteiger partial charge in [-0.2, -0.15) is 0 Å². The van der Waals surface area contributed by atoms with Gasteiger partial charge < -0.3 is 35.4 Å². The molecule has 4 N–H and O–H groups in total. The number of rotatable bonds is 10. The maximum atomic E-state index is 13.2. The minimum atomic E-state index is -1.52. The molecule has 0 radical (unpaired) electrons. The molecule has 3 atom stereocenters. The number of aliphatic hydroxyl groups excluding tert-OH is 1. The molecule has 0 saturated carbocycles. The predicted octanol–water partition coefficient (Wildman–Crippen LogP) is 2.25. The summed E-state index contributed by atoms with van der Waals surface area (Å²) in [5.74, 6) is 0.755. The second kappa shape index (κ2) is 12.9. The number of urea groups is 1. The Labute approximate surface area is 227 Å². The second-order valence-corrected chi connectivity index (χ2v) is 11.2. The van der Waals surface area contributed by atoms with Crippen LogP contribution in [0.2, 0.25) is 0 Å². The van der Waals surface area contributed by atoms with Crippen molar-refractivity contribution in [3.63, 3.8) is 0 Å². The number of carbonyl (C=O) groups excluding carboxylic acids is 3.